The number of benzene rings is 1. The van der Waals surface area contributed by atoms with Crippen molar-refractivity contribution in [1.82, 2.24) is 20.2 Å². The van der Waals surface area contributed by atoms with E-state index in [9.17, 15) is 4.79 Å². The van der Waals surface area contributed by atoms with Gasteiger partial charge in [-0.05, 0) is 63.4 Å². The van der Waals surface area contributed by atoms with E-state index >= 15 is 0 Å². The predicted molar refractivity (Wildman–Crippen MR) is 126 cm³/mol. The third-order valence-corrected chi connectivity index (χ3v) is 6.68. The molecule has 0 radical (unpaired) electrons. The molecule has 7 heteroatoms. The Kier molecular flexibility index (Phi) is 6.80. The van der Waals surface area contributed by atoms with E-state index in [4.69, 9.17) is 0 Å². The highest BCUT2D eigenvalue weighted by atomic mass is 16.1. The monoisotopic (exact) mass is 422 g/mol. The second kappa shape index (κ2) is 9.73. The second-order valence-electron chi connectivity index (χ2n) is 9.25. The Morgan fingerprint density at radius 3 is 2.68 bits per heavy atom. The molecule has 2 aromatic rings. The molecular weight excluding hydrogens is 388 g/mol. The second-order valence-corrected chi connectivity index (χ2v) is 9.25. The number of amides is 1. The Labute approximate surface area is 185 Å². The van der Waals surface area contributed by atoms with Gasteiger partial charge in [0.05, 0.1) is 17.1 Å². The van der Waals surface area contributed by atoms with Crippen molar-refractivity contribution < 1.29 is 4.79 Å². The van der Waals surface area contributed by atoms with E-state index in [1.54, 1.807) is 19.4 Å². The lowest BCUT2D eigenvalue weighted by molar-refractivity contribution is -0.125. The number of fused-ring (bicyclic) bond motifs is 1. The lowest BCUT2D eigenvalue weighted by Gasteiger charge is -2.38. The molecule has 31 heavy (non-hydrogen) atoms. The SMILES string of the molecule is C/N=C\c1ccc(N2CC(C)CC(C(=O)NCC3CCN(C)CC3)C2)c2nccnc12. The summed E-state index contributed by atoms with van der Waals surface area (Å²) in [6.07, 6.45) is 8.54. The van der Waals surface area contributed by atoms with Gasteiger partial charge in [-0.25, -0.2) is 0 Å². The predicted octanol–water partition coefficient (Wildman–Crippen LogP) is 2.60. The molecule has 7 nitrogen and oxygen atoms in total. The number of hydrogen-bond acceptors (Lipinski definition) is 6. The van der Waals surface area contributed by atoms with Gasteiger partial charge in [-0.15, -0.1) is 0 Å². The van der Waals surface area contributed by atoms with Gasteiger partial charge in [0.2, 0.25) is 5.91 Å². The lowest BCUT2D eigenvalue weighted by atomic mass is 9.88. The van der Waals surface area contributed by atoms with Gasteiger partial charge in [0.25, 0.3) is 0 Å². The molecule has 2 aliphatic rings. The molecule has 0 saturated carbocycles. The summed E-state index contributed by atoms with van der Waals surface area (Å²) in [6, 6.07) is 4.15. The number of carbonyl (C=O) groups excluding carboxylic acids is 1. The van der Waals surface area contributed by atoms with E-state index in [-0.39, 0.29) is 11.8 Å². The number of nitrogens with zero attached hydrogens (tertiary/aromatic N) is 5. The molecule has 1 N–H and O–H groups in total. The number of carbonyl (C=O) groups is 1. The summed E-state index contributed by atoms with van der Waals surface area (Å²) in [5.41, 5.74) is 3.74. The van der Waals surface area contributed by atoms with Gasteiger partial charge in [-0.2, -0.15) is 0 Å². The molecule has 3 heterocycles. The molecule has 0 aliphatic carbocycles. The van der Waals surface area contributed by atoms with Crippen LogP contribution in [0, 0.1) is 17.8 Å². The smallest absolute Gasteiger partial charge is 0.224 e. The molecule has 4 rings (SSSR count). The first kappa shape index (κ1) is 21.7. The van der Waals surface area contributed by atoms with E-state index in [1.165, 1.54) is 12.8 Å². The highest BCUT2D eigenvalue weighted by Crippen LogP contribution is 2.31. The topological polar surface area (TPSA) is 73.7 Å². The molecule has 2 saturated heterocycles. The van der Waals surface area contributed by atoms with E-state index in [0.717, 1.165) is 61.4 Å². The van der Waals surface area contributed by atoms with Crippen LogP contribution in [0.3, 0.4) is 0 Å². The third-order valence-electron chi connectivity index (χ3n) is 6.68. The van der Waals surface area contributed by atoms with E-state index in [1.807, 2.05) is 12.3 Å². The maximum atomic E-state index is 13.0. The van der Waals surface area contributed by atoms with Crippen molar-refractivity contribution >= 4 is 28.8 Å². The van der Waals surface area contributed by atoms with Crippen LogP contribution in [0.2, 0.25) is 0 Å². The van der Waals surface area contributed by atoms with Gasteiger partial charge in [-0.3, -0.25) is 19.8 Å². The molecule has 2 aliphatic heterocycles. The molecule has 166 valence electrons. The van der Waals surface area contributed by atoms with Gasteiger partial charge in [0.1, 0.15) is 5.52 Å². The molecule has 2 atom stereocenters. The lowest BCUT2D eigenvalue weighted by Crippen LogP contribution is -2.47. The van der Waals surface area contributed by atoms with Crippen molar-refractivity contribution in [2.75, 3.05) is 51.7 Å². The Balaban J connectivity index is 1.48. The maximum absolute atomic E-state index is 13.0. The standard InChI is InChI=1S/C24H34N6O/c1-17-12-20(24(31)28-13-18-6-10-29(3)11-7-18)16-30(15-17)21-5-4-19(14-25-2)22-23(21)27-9-8-26-22/h4-5,8-9,14,17-18,20H,6-7,10-13,15-16H2,1-3H3,(H,28,31)/b25-14-. The fraction of sp³-hybridized carbons (Fsp3) is 0.583. The summed E-state index contributed by atoms with van der Waals surface area (Å²) in [5.74, 6) is 1.24. The van der Waals surface area contributed by atoms with Crippen molar-refractivity contribution in [2.24, 2.45) is 22.7 Å². The number of aliphatic imine (C=N–C) groups is 1. The fourth-order valence-corrected chi connectivity index (χ4v) is 4.96. The number of hydrogen-bond donors (Lipinski definition) is 1. The highest BCUT2D eigenvalue weighted by molar-refractivity contribution is 6.01. The van der Waals surface area contributed by atoms with Crippen LogP contribution >= 0.6 is 0 Å². The first-order valence-electron chi connectivity index (χ1n) is 11.4. The third kappa shape index (κ3) is 5.03. The van der Waals surface area contributed by atoms with Gasteiger partial charge >= 0.3 is 0 Å². The Hall–Kier alpha value is -2.54. The average molecular weight is 423 g/mol. The molecule has 0 spiro atoms. The van der Waals surface area contributed by atoms with Crippen LogP contribution in [-0.4, -0.2) is 73.8 Å². The highest BCUT2D eigenvalue weighted by Gasteiger charge is 2.31. The van der Waals surface area contributed by atoms with E-state index in [2.05, 4.69) is 50.1 Å². The Morgan fingerprint density at radius 2 is 1.94 bits per heavy atom. The molecule has 2 unspecified atom stereocenters. The zero-order chi connectivity index (χ0) is 21.8. The number of piperidine rings is 2. The number of rotatable bonds is 5. The molecule has 1 amide bonds. The van der Waals surface area contributed by atoms with Crippen LogP contribution in [0.15, 0.2) is 29.5 Å². The molecule has 1 aromatic carbocycles. The minimum Gasteiger partial charge on any atom is -0.369 e. The number of anilines is 1. The average Bonchev–Trinajstić information content (AvgIpc) is 2.78. The summed E-state index contributed by atoms with van der Waals surface area (Å²) < 4.78 is 0. The molecule has 1 aromatic heterocycles. The molecular formula is C24H34N6O. The van der Waals surface area contributed by atoms with Crippen molar-refractivity contribution in [3.8, 4) is 0 Å². The summed E-state index contributed by atoms with van der Waals surface area (Å²) in [7, 11) is 3.93. The van der Waals surface area contributed by atoms with Gasteiger partial charge in [-0.1, -0.05) is 6.92 Å². The Morgan fingerprint density at radius 1 is 1.19 bits per heavy atom. The largest absolute Gasteiger partial charge is 0.369 e. The minimum absolute atomic E-state index is 0.00128. The van der Waals surface area contributed by atoms with E-state index < -0.39 is 0 Å². The first-order valence-corrected chi connectivity index (χ1v) is 11.4. The van der Waals surface area contributed by atoms with E-state index in [0.29, 0.717) is 11.8 Å². The fourth-order valence-electron chi connectivity index (χ4n) is 4.96. The van der Waals surface area contributed by atoms with Crippen molar-refractivity contribution in [3.05, 3.63) is 30.1 Å². The number of nitrogens with one attached hydrogen (secondary N) is 1. The van der Waals surface area contributed by atoms with Crippen LogP contribution in [0.5, 0.6) is 0 Å². The van der Waals surface area contributed by atoms with Gasteiger partial charge in [0.15, 0.2) is 0 Å². The van der Waals surface area contributed by atoms with Crippen molar-refractivity contribution in [3.63, 3.8) is 0 Å². The first-order chi connectivity index (χ1) is 15.0. The van der Waals surface area contributed by atoms with Gasteiger partial charge in [0, 0.05) is 50.9 Å². The van der Waals surface area contributed by atoms with Crippen molar-refractivity contribution in [2.45, 2.75) is 26.2 Å². The van der Waals surface area contributed by atoms with Crippen LogP contribution < -0.4 is 10.2 Å². The zero-order valence-corrected chi connectivity index (χ0v) is 18.9. The number of likely N-dealkylation sites (tertiary alicyclic amines) is 1. The van der Waals surface area contributed by atoms with Crippen molar-refractivity contribution in [1.29, 1.82) is 0 Å². The summed E-state index contributed by atoms with van der Waals surface area (Å²) >= 11 is 0. The number of aromatic nitrogens is 2. The minimum atomic E-state index is -0.00128. The molecule has 0 bridgehead atoms. The maximum Gasteiger partial charge on any atom is 0.224 e. The zero-order valence-electron chi connectivity index (χ0n) is 18.9. The van der Waals surface area contributed by atoms with Crippen LogP contribution in [-0.2, 0) is 4.79 Å². The normalized spacial score (nSPS) is 23.5. The summed E-state index contributed by atoms with van der Waals surface area (Å²) in [5, 5.41) is 3.26. The van der Waals surface area contributed by atoms with Crippen LogP contribution in [0.1, 0.15) is 31.7 Å². The van der Waals surface area contributed by atoms with Crippen LogP contribution in [0.25, 0.3) is 11.0 Å². The van der Waals surface area contributed by atoms with Gasteiger partial charge < -0.3 is 15.1 Å². The summed E-state index contributed by atoms with van der Waals surface area (Å²) in [4.78, 5) is 31.0. The van der Waals surface area contributed by atoms with Crippen LogP contribution in [0.4, 0.5) is 5.69 Å². The quantitative estimate of drug-likeness (QED) is 0.750. The summed E-state index contributed by atoms with van der Waals surface area (Å²) in [6.45, 7) is 6.93. The molecule has 2 fully saturated rings. The Bertz CT molecular complexity index is 937.